The normalized spacial score (nSPS) is 14.9. The molecular weight excluding hydrogens is 258 g/mol. The molecule has 2 heterocycles. The molecule has 1 aromatic heterocycles. The summed E-state index contributed by atoms with van der Waals surface area (Å²) in [5.41, 5.74) is 3.58. The maximum absolute atomic E-state index is 6.12. The highest BCUT2D eigenvalue weighted by molar-refractivity contribution is 6.30. The summed E-state index contributed by atoms with van der Waals surface area (Å²) in [5.74, 6) is 0.925. The Hall–Kier alpha value is -1.61. The number of benzene rings is 1. The van der Waals surface area contributed by atoms with E-state index in [1.807, 2.05) is 6.92 Å². The Balaban J connectivity index is 2.12. The molecule has 0 saturated carbocycles. The van der Waals surface area contributed by atoms with Crippen molar-refractivity contribution in [1.82, 2.24) is 9.97 Å². The number of aryl methyl sites for hydroxylation is 1. The average Bonchev–Trinajstić information content (AvgIpc) is 2.64. The zero-order valence-electron chi connectivity index (χ0n) is 10.9. The van der Waals surface area contributed by atoms with E-state index in [9.17, 15) is 0 Å². The Morgan fingerprint density at radius 3 is 2.89 bits per heavy atom. The molecule has 0 unspecified atom stereocenters. The second-order valence-electron chi connectivity index (χ2n) is 4.85. The van der Waals surface area contributed by atoms with Gasteiger partial charge in [0.15, 0.2) is 0 Å². The third kappa shape index (κ3) is 2.30. The van der Waals surface area contributed by atoms with Gasteiger partial charge in [-0.15, -0.1) is 0 Å². The molecule has 1 aromatic carbocycles. The fourth-order valence-corrected chi connectivity index (χ4v) is 2.73. The first-order valence-corrected chi connectivity index (χ1v) is 6.97. The molecule has 0 saturated heterocycles. The minimum Gasteiger partial charge on any atom is -0.326 e. The highest BCUT2D eigenvalue weighted by Crippen LogP contribution is 2.34. The molecule has 2 aromatic rings. The lowest BCUT2D eigenvalue weighted by Gasteiger charge is -2.25. The predicted octanol–water partition coefficient (Wildman–Crippen LogP) is 3.91. The zero-order chi connectivity index (χ0) is 13.2. The van der Waals surface area contributed by atoms with Crippen LogP contribution in [0.4, 0.5) is 11.5 Å². The van der Waals surface area contributed by atoms with E-state index in [0.29, 0.717) is 5.15 Å². The van der Waals surface area contributed by atoms with Gasteiger partial charge in [-0.25, -0.2) is 9.97 Å². The van der Waals surface area contributed by atoms with E-state index in [1.54, 1.807) is 0 Å². The number of hydrogen-bond donors (Lipinski definition) is 0. The number of anilines is 2. The van der Waals surface area contributed by atoms with E-state index in [1.165, 1.54) is 24.0 Å². The van der Waals surface area contributed by atoms with Crippen molar-refractivity contribution in [2.24, 2.45) is 0 Å². The Labute approximate surface area is 118 Å². The third-order valence-corrected chi connectivity index (χ3v) is 3.99. The van der Waals surface area contributed by atoms with Crippen LogP contribution in [0.25, 0.3) is 0 Å². The molecule has 0 amide bonds. The molecule has 1 aliphatic rings. The summed E-state index contributed by atoms with van der Waals surface area (Å²) in [6.07, 6.45) is 5.05. The Bertz CT molecular complexity index is 598. The van der Waals surface area contributed by atoms with Crippen LogP contribution in [0.1, 0.15) is 24.0 Å². The predicted molar refractivity (Wildman–Crippen MR) is 78.2 cm³/mol. The topological polar surface area (TPSA) is 29.0 Å². The lowest BCUT2D eigenvalue weighted by Crippen LogP contribution is -2.20. The SMILES string of the molecule is Cc1c(Cl)ncnc1N1CCCCc2ccccc21. The van der Waals surface area contributed by atoms with Crippen molar-refractivity contribution in [2.75, 3.05) is 11.4 Å². The van der Waals surface area contributed by atoms with E-state index in [2.05, 4.69) is 39.1 Å². The van der Waals surface area contributed by atoms with Crippen molar-refractivity contribution in [3.63, 3.8) is 0 Å². The zero-order valence-corrected chi connectivity index (χ0v) is 11.7. The first-order valence-electron chi connectivity index (χ1n) is 6.60. The maximum atomic E-state index is 6.12. The van der Waals surface area contributed by atoms with Gasteiger partial charge in [0.1, 0.15) is 17.3 Å². The number of fused-ring (bicyclic) bond motifs is 1. The van der Waals surface area contributed by atoms with Gasteiger partial charge in [-0.1, -0.05) is 29.8 Å². The molecular formula is C15H16ClN3. The maximum Gasteiger partial charge on any atom is 0.140 e. The van der Waals surface area contributed by atoms with E-state index < -0.39 is 0 Å². The van der Waals surface area contributed by atoms with Crippen LogP contribution in [0.3, 0.4) is 0 Å². The molecule has 3 rings (SSSR count). The first-order chi connectivity index (χ1) is 9.27. The molecule has 98 valence electrons. The van der Waals surface area contributed by atoms with Gasteiger partial charge in [0.05, 0.1) is 0 Å². The van der Waals surface area contributed by atoms with Crippen LogP contribution in [0, 0.1) is 6.92 Å². The van der Waals surface area contributed by atoms with Gasteiger partial charge < -0.3 is 4.90 Å². The summed E-state index contributed by atoms with van der Waals surface area (Å²) in [5, 5.41) is 0.534. The van der Waals surface area contributed by atoms with Gasteiger partial charge in [0.25, 0.3) is 0 Å². The Morgan fingerprint density at radius 2 is 2.00 bits per heavy atom. The number of para-hydroxylation sites is 1. The Kier molecular flexibility index (Phi) is 3.38. The molecule has 1 aliphatic heterocycles. The summed E-state index contributed by atoms with van der Waals surface area (Å²) >= 11 is 6.12. The minimum atomic E-state index is 0.534. The number of halogens is 1. The minimum absolute atomic E-state index is 0.534. The first kappa shape index (κ1) is 12.4. The number of nitrogens with zero attached hydrogens (tertiary/aromatic N) is 3. The van der Waals surface area contributed by atoms with E-state index >= 15 is 0 Å². The summed E-state index contributed by atoms with van der Waals surface area (Å²) in [7, 11) is 0. The molecule has 19 heavy (non-hydrogen) atoms. The van der Waals surface area contributed by atoms with Crippen molar-refractivity contribution >= 4 is 23.1 Å². The van der Waals surface area contributed by atoms with Crippen LogP contribution >= 0.6 is 11.6 Å². The van der Waals surface area contributed by atoms with Crippen LogP contribution in [0.5, 0.6) is 0 Å². The van der Waals surface area contributed by atoms with Crippen LogP contribution in [0.2, 0.25) is 5.15 Å². The van der Waals surface area contributed by atoms with Crippen LogP contribution < -0.4 is 4.90 Å². The molecule has 0 spiro atoms. The van der Waals surface area contributed by atoms with Crippen LogP contribution in [-0.4, -0.2) is 16.5 Å². The lowest BCUT2D eigenvalue weighted by molar-refractivity contribution is 0.756. The summed E-state index contributed by atoms with van der Waals surface area (Å²) in [4.78, 5) is 10.7. The Morgan fingerprint density at radius 1 is 1.16 bits per heavy atom. The van der Waals surface area contributed by atoms with Crippen LogP contribution in [-0.2, 0) is 6.42 Å². The summed E-state index contributed by atoms with van der Waals surface area (Å²) in [6.45, 7) is 2.95. The fraction of sp³-hybridized carbons (Fsp3) is 0.333. The van der Waals surface area contributed by atoms with Crippen molar-refractivity contribution < 1.29 is 0 Å². The van der Waals surface area contributed by atoms with Crippen molar-refractivity contribution in [3.05, 3.63) is 46.9 Å². The van der Waals surface area contributed by atoms with Gasteiger partial charge in [0, 0.05) is 17.8 Å². The fourth-order valence-electron chi connectivity index (χ4n) is 2.60. The molecule has 0 N–H and O–H groups in total. The second-order valence-corrected chi connectivity index (χ2v) is 5.21. The van der Waals surface area contributed by atoms with Gasteiger partial charge >= 0.3 is 0 Å². The van der Waals surface area contributed by atoms with Gasteiger partial charge in [-0.3, -0.25) is 0 Å². The second kappa shape index (κ2) is 5.17. The molecule has 0 aliphatic carbocycles. The molecule has 4 heteroatoms. The third-order valence-electron chi connectivity index (χ3n) is 3.61. The lowest BCUT2D eigenvalue weighted by atomic mass is 10.1. The largest absolute Gasteiger partial charge is 0.326 e. The van der Waals surface area contributed by atoms with Crippen molar-refractivity contribution in [1.29, 1.82) is 0 Å². The van der Waals surface area contributed by atoms with Gasteiger partial charge in [0.2, 0.25) is 0 Å². The van der Waals surface area contributed by atoms with E-state index in [-0.39, 0.29) is 0 Å². The van der Waals surface area contributed by atoms with Crippen molar-refractivity contribution in [3.8, 4) is 0 Å². The van der Waals surface area contributed by atoms with Gasteiger partial charge in [-0.2, -0.15) is 0 Å². The number of aromatic nitrogens is 2. The van der Waals surface area contributed by atoms with Gasteiger partial charge in [-0.05, 0) is 37.8 Å². The summed E-state index contributed by atoms with van der Waals surface area (Å²) in [6, 6.07) is 8.54. The molecule has 3 nitrogen and oxygen atoms in total. The van der Waals surface area contributed by atoms with Crippen LogP contribution in [0.15, 0.2) is 30.6 Å². The average molecular weight is 274 g/mol. The molecule has 0 atom stereocenters. The molecule has 0 radical (unpaired) electrons. The summed E-state index contributed by atoms with van der Waals surface area (Å²) < 4.78 is 0. The number of rotatable bonds is 1. The molecule has 0 bridgehead atoms. The van der Waals surface area contributed by atoms with E-state index in [4.69, 9.17) is 11.6 Å². The van der Waals surface area contributed by atoms with E-state index in [0.717, 1.165) is 30.8 Å². The highest BCUT2D eigenvalue weighted by Gasteiger charge is 2.19. The van der Waals surface area contributed by atoms with Crippen molar-refractivity contribution in [2.45, 2.75) is 26.2 Å². The molecule has 0 fully saturated rings. The quantitative estimate of drug-likeness (QED) is 0.738. The smallest absolute Gasteiger partial charge is 0.140 e. The standard InChI is InChI=1S/C15H16ClN3/c1-11-14(16)17-10-18-15(11)19-9-5-4-7-12-6-2-3-8-13(12)19/h2-3,6,8,10H,4-5,7,9H2,1H3. The highest BCUT2D eigenvalue weighted by atomic mass is 35.5. The monoisotopic (exact) mass is 273 g/mol. The number of hydrogen-bond acceptors (Lipinski definition) is 3.